The second kappa shape index (κ2) is 6.98. The molecule has 2 aliphatic rings. The van der Waals surface area contributed by atoms with Crippen molar-refractivity contribution >= 4 is 11.8 Å². The van der Waals surface area contributed by atoms with Crippen molar-refractivity contribution in [3.8, 4) is 0 Å². The number of rotatable bonds is 5. The van der Waals surface area contributed by atoms with E-state index in [9.17, 15) is 4.79 Å². The van der Waals surface area contributed by atoms with Crippen LogP contribution in [-0.2, 0) is 11.3 Å². The van der Waals surface area contributed by atoms with Gasteiger partial charge in [-0.25, -0.2) is 9.89 Å². The van der Waals surface area contributed by atoms with E-state index in [1.54, 1.807) is 16.3 Å². The number of hydrogen-bond donors (Lipinski definition) is 1. The second-order valence-corrected chi connectivity index (χ2v) is 7.13. The molecule has 6 nitrogen and oxygen atoms in total. The lowest BCUT2D eigenvalue weighted by Gasteiger charge is -2.29. The van der Waals surface area contributed by atoms with E-state index in [-0.39, 0.29) is 11.8 Å². The number of H-pyrrole nitrogens is 1. The number of nitrogens with zero attached hydrogens (tertiary/aromatic N) is 3. The van der Waals surface area contributed by atoms with Crippen molar-refractivity contribution < 1.29 is 4.74 Å². The molecule has 0 unspecified atom stereocenters. The van der Waals surface area contributed by atoms with Crippen LogP contribution in [0.1, 0.15) is 25.7 Å². The molecule has 0 aliphatic carbocycles. The van der Waals surface area contributed by atoms with Crippen LogP contribution in [0.4, 0.5) is 0 Å². The molecule has 2 fully saturated rings. The molecule has 2 aliphatic heterocycles. The second-order valence-electron chi connectivity index (χ2n) is 6.14. The maximum absolute atomic E-state index is 11.9. The van der Waals surface area contributed by atoms with Gasteiger partial charge in [0, 0.05) is 18.9 Å². The Morgan fingerprint density at radius 2 is 2.33 bits per heavy atom. The predicted octanol–water partition coefficient (Wildman–Crippen LogP) is 1.18. The Labute approximate surface area is 129 Å². The monoisotopic (exact) mass is 312 g/mol. The smallest absolute Gasteiger partial charge is 0.344 e. The van der Waals surface area contributed by atoms with Crippen molar-refractivity contribution in [1.82, 2.24) is 19.7 Å². The Kier molecular flexibility index (Phi) is 5.03. The third kappa shape index (κ3) is 3.90. The van der Waals surface area contributed by atoms with Gasteiger partial charge in [-0.3, -0.25) is 4.57 Å². The third-order valence-corrected chi connectivity index (χ3v) is 5.51. The Bertz CT molecular complexity index is 509. The number of hydrogen-bond acceptors (Lipinski definition) is 5. The van der Waals surface area contributed by atoms with Crippen LogP contribution in [0.15, 0.2) is 9.95 Å². The molecule has 1 aromatic heterocycles. The maximum atomic E-state index is 11.9. The minimum Gasteiger partial charge on any atom is -0.376 e. The van der Waals surface area contributed by atoms with Gasteiger partial charge in [0.05, 0.1) is 12.6 Å². The van der Waals surface area contributed by atoms with Gasteiger partial charge in [-0.2, -0.15) is 0 Å². The van der Waals surface area contributed by atoms with E-state index >= 15 is 0 Å². The predicted molar refractivity (Wildman–Crippen MR) is 82.8 cm³/mol. The molecule has 1 aromatic rings. The van der Waals surface area contributed by atoms with Crippen molar-refractivity contribution in [3.05, 3.63) is 10.5 Å². The van der Waals surface area contributed by atoms with Crippen molar-refractivity contribution in [2.75, 3.05) is 32.5 Å². The third-order valence-electron chi connectivity index (χ3n) is 4.30. The molecule has 118 valence electrons. The number of piperidine rings is 1. The minimum absolute atomic E-state index is 0.117. The van der Waals surface area contributed by atoms with Gasteiger partial charge >= 0.3 is 5.69 Å². The highest BCUT2D eigenvalue weighted by Crippen LogP contribution is 2.24. The summed E-state index contributed by atoms with van der Waals surface area (Å²) in [5.74, 6) is 1.72. The Hall–Kier alpha value is -0.790. The van der Waals surface area contributed by atoms with Gasteiger partial charge in [0.1, 0.15) is 0 Å². The first-order valence-corrected chi connectivity index (χ1v) is 8.79. The number of aromatic nitrogens is 3. The number of nitrogens with one attached hydrogen (secondary N) is 1. The van der Waals surface area contributed by atoms with Gasteiger partial charge in [-0.05, 0) is 45.2 Å². The fourth-order valence-electron chi connectivity index (χ4n) is 3.17. The van der Waals surface area contributed by atoms with Crippen LogP contribution in [0, 0.1) is 5.92 Å². The Morgan fingerprint density at radius 3 is 3.10 bits per heavy atom. The zero-order valence-corrected chi connectivity index (χ0v) is 13.4. The molecule has 1 N–H and O–H groups in total. The lowest BCUT2D eigenvalue weighted by Crippen LogP contribution is -2.33. The van der Waals surface area contributed by atoms with Crippen molar-refractivity contribution in [3.63, 3.8) is 0 Å². The van der Waals surface area contributed by atoms with E-state index in [0.717, 1.165) is 36.9 Å². The molecule has 0 radical (unpaired) electrons. The van der Waals surface area contributed by atoms with E-state index in [1.807, 2.05) is 0 Å². The van der Waals surface area contributed by atoms with Crippen LogP contribution >= 0.6 is 11.8 Å². The summed E-state index contributed by atoms with van der Waals surface area (Å²) in [6, 6.07) is 0. The first-order chi connectivity index (χ1) is 10.2. The fraction of sp³-hybridized carbons (Fsp3) is 0.857. The summed E-state index contributed by atoms with van der Waals surface area (Å²) in [7, 11) is 2.18. The Balaban J connectivity index is 1.58. The Morgan fingerprint density at radius 1 is 1.43 bits per heavy atom. The first-order valence-electron chi connectivity index (χ1n) is 7.80. The SMILES string of the molecule is CN1CCC[C@@H](CSc2n[nH]c(=O)n2C[C@H]2CCCO2)C1. The summed E-state index contributed by atoms with van der Waals surface area (Å²) < 4.78 is 7.37. The molecule has 0 aromatic carbocycles. The average molecular weight is 312 g/mol. The van der Waals surface area contributed by atoms with E-state index in [1.165, 1.54) is 19.4 Å². The van der Waals surface area contributed by atoms with Gasteiger partial charge in [0.25, 0.3) is 0 Å². The van der Waals surface area contributed by atoms with E-state index in [0.29, 0.717) is 12.5 Å². The first kappa shape index (κ1) is 15.1. The number of ether oxygens (including phenoxy) is 1. The molecule has 3 heterocycles. The zero-order chi connectivity index (χ0) is 14.7. The van der Waals surface area contributed by atoms with Gasteiger partial charge in [-0.15, -0.1) is 5.10 Å². The minimum atomic E-state index is -0.117. The van der Waals surface area contributed by atoms with Crippen molar-refractivity contribution in [1.29, 1.82) is 0 Å². The number of likely N-dealkylation sites (tertiary alicyclic amines) is 1. The quantitative estimate of drug-likeness (QED) is 0.827. The maximum Gasteiger partial charge on any atom is 0.344 e. The lowest BCUT2D eigenvalue weighted by molar-refractivity contribution is 0.0941. The molecule has 0 saturated carbocycles. The summed E-state index contributed by atoms with van der Waals surface area (Å²) in [6.45, 7) is 3.79. The number of thioether (sulfide) groups is 1. The van der Waals surface area contributed by atoms with Gasteiger partial charge in [-0.1, -0.05) is 11.8 Å². The summed E-state index contributed by atoms with van der Waals surface area (Å²) in [6.07, 6.45) is 4.84. The van der Waals surface area contributed by atoms with E-state index < -0.39 is 0 Å². The average Bonchev–Trinajstić information content (AvgIpc) is 3.09. The lowest BCUT2D eigenvalue weighted by atomic mass is 10.0. The van der Waals surface area contributed by atoms with Crippen molar-refractivity contribution in [2.24, 2.45) is 5.92 Å². The molecular formula is C14H24N4O2S. The van der Waals surface area contributed by atoms with Crippen LogP contribution in [0.2, 0.25) is 0 Å². The molecule has 2 atom stereocenters. The molecule has 21 heavy (non-hydrogen) atoms. The van der Waals surface area contributed by atoms with Gasteiger partial charge in [0.2, 0.25) is 0 Å². The van der Waals surface area contributed by atoms with Gasteiger partial charge < -0.3 is 9.64 Å². The topological polar surface area (TPSA) is 63.2 Å². The van der Waals surface area contributed by atoms with E-state index in [2.05, 4.69) is 22.1 Å². The molecule has 0 spiro atoms. The zero-order valence-electron chi connectivity index (χ0n) is 12.6. The van der Waals surface area contributed by atoms with Crippen LogP contribution in [0.3, 0.4) is 0 Å². The molecule has 0 amide bonds. The highest BCUT2D eigenvalue weighted by Gasteiger charge is 2.22. The summed E-state index contributed by atoms with van der Waals surface area (Å²) >= 11 is 1.70. The number of aromatic amines is 1. The van der Waals surface area contributed by atoms with Crippen molar-refractivity contribution in [2.45, 2.75) is 43.5 Å². The molecular weight excluding hydrogens is 288 g/mol. The largest absolute Gasteiger partial charge is 0.376 e. The highest BCUT2D eigenvalue weighted by molar-refractivity contribution is 7.99. The summed E-state index contributed by atoms with van der Waals surface area (Å²) in [4.78, 5) is 14.3. The molecule has 2 saturated heterocycles. The standard InChI is InChI=1S/C14H24N4O2S/c1-17-6-2-4-11(8-17)10-21-14-16-15-13(19)18(14)9-12-5-3-7-20-12/h11-12H,2-10H2,1H3,(H,15,19)/t11-,12-/m1/s1. The fourth-order valence-corrected chi connectivity index (χ4v) is 4.25. The molecule has 0 bridgehead atoms. The van der Waals surface area contributed by atoms with Gasteiger partial charge in [0.15, 0.2) is 5.16 Å². The normalized spacial score (nSPS) is 27.3. The van der Waals surface area contributed by atoms with Crippen LogP contribution in [0.25, 0.3) is 0 Å². The summed E-state index contributed by atoms with van der Waals surface area (Å²) in [5, 5.41) is 7.57. The van der Waals surface area contributed by atoms with E-state index in [4.69, 9.17) is 4.74 Å². The molecule has 3 rings (SSSR count). The molecule has 7 heteroatoms. The summed E-state index contributed by atoms with van der Waals surface area (Å²) in [5.41, 5.74) is -0.117. The highest BCUT2D eigenvalue weighted by atomic mass is 32.2. The van der Waals surface area contributed by atoms with Crippen LogP contribution in [0.5, 0.6) is 0 Å². The van der Waals surface area contributed by atoms with Crippen LogP contribution in [-0.4, -0.2) is 58.3 Å². The van der Waals surface area contributed by atoms with Crippen LogP contribution < -0.4 is 5.69 Å².